The Kier molecular flexibility index (Phi) is 6.37. The summed E-state index contributed by atoms with van der Waals surface area (Å²) in [5, 5.41) is 13.5. The van der Waals surface area contributed by atoms with Crippen molar-refractivity contribution in [2.75, 3.05) is 0 Å². The lowest BCUT2D eigenvalue weighted by atomic mass is 9.99. The van der Waals surface area contributed by atoms with E-state index in [0.29, 0.717) is 13.0 Å². The van der Waals surface area contributed by atoms with Crippen LogP contribution in [0.3, 0.4) is 0 Å². The van der Waals surface area contributed by atoms with Crippen molar-refractivity contribution >= 4 is 5.97 Å². The number of aliphatic carboxylic acids is 1. The van der Waals surface area contributed by atoms with Crippen LogP contribution >= 0.6 is 0 Å². The predicted octanol–water partition coefficient (Wildman–Crippen LogP) is 4.96. The molecule has 0 radical (unpaired) electrons. The van der Waals surface area contributed by atoms with Crippen LogP contribution in [0.4, 0.5) is 0 Å². The number of nitrogens with zero attached hydrogens (tertiary/aromatic N) is 2. The highest BCUT2D eigenvalue weighted by Gasteiger charge is 2.12. The highest BCUT2D eigenvalue weighted by Crippen LogP contribution is 2.26. The highest BCUT2D eigenvalue weighted by atomic mass is 16.5. The predicted molar refractivity (Wildman–Crippen MR) is 114 cm³/mol. The Morgan fingerprint density at radius 2 is 1.79 bits per heavy atom. The van der Waals surface area contributed by atoms with Crippen LogP contribution in [-0.2, 0) is 24.2 Å². The van der Waals surface area contributed by atoms with Crippen LogP contribution in [0.25, 0.3) is 5.69 Å². The van der Waals surface area contributed by atoms with Gasteiger partial charge in [0.15, 0.2) is 0 Å². The zero-order chi connectivity index (χ0) is 21.0. The maximum Gasteiger partial charge on any atom is 0.303 e. The molecule has 1 N–H and O–H groups in total. The number of ether oxygens (including phenoxy) is 1. The Labute approximate surface area is 172 Å². The minimum Gasteiger partial charge on any atom is -0.487 e. The van der Waals surface area contributed by atoms with Crippen LogP contribution in [0.5, 0.6) is 5.75 Å². The molecular formula is C24H28N2O3. The number of hydrogen-bond acceptors (Lipinski definition) is 3. The number of carboxylic acids is 1. The molecule has 0 aliphatic rings. The molecule has 0 unspecified atom stereocenters. The van der Waals surface area contributed by atoms with E-state index in [9.17, 15) is 4.79 Å². The lowest BCUT2D eigenvalue weighted by Crippen LogP contribution is -2.07. The Bertz CT molecular complexity index is 1000. The zero-order valence-corrected chi connectivity index (χ0v) is 17.5. The summed E-state index contributed by atoms with van der Waals surface area (Å²) in [5.74, 6) is 0.0336. The van der Waals surface area contributed by atoms with E-state index in [1.165, 1.54) is 5.56 Å². The van der Waals surface area contributed by atoms with E-state index in [4.69, 9.17) is 9.84 Å². The molecule has 1 aromatic heterocycles. The fourth-order valence-corrected chi connectivity index (χ4v) is 3.42. The summed E-state index contributed by atoms with van der Waals surface area (Å²) in [5.41, 5.74) is 7.43. The minimum atomic E-state index is -0.780. The quantitative estimate of drug-likeness (QED) is 0.589. The summed E-state index contributed by atoms with van der Waals surface area (Å²) in [6, 6.07) is 14.4. The molecule has 0 saturated heterocycles. The number of aryl methyl sites for hydroxylation is 3. The maximum atomic E-state index is 10.8. The second-order valence-electron chi connectivity index (χ2n) is 7.36. The van der Waals surface area contributed by atoms with Crippen LogP contribution < -0.4 is 4.74 Å². The first-order valence-corrected chi connectivity index (χ1v) is 9.97. The third-order valence-corrected chi connectivity index (χ3v) is 5.33. The largest absolute Gasteiger partial charge is 0.487 e. The van der Waals surface area contributed by atoms with Crippen LogP contribution in [0.2, 0.25) is 0 Å². The molecule has 0 aliphatic heterocycles. The summed E-state index contributed by atoms with van der Waals surface area (Å²) in [6.45, 7) is 8.56. The van der Waals surface area contributed by atoms with E-state index in [1.807, 2.05) is 43.7 Å². The summed E-state index contributed by atoms with van der Waals surface area (Å²) in [6.07, 6.45) is 1.67. The number of benzene rings is 2. The summed E-state index contributed by atoms with van der Waals surface area (Å²) in [4.78, 5) is 10.8. The fourth-order valence-electron chi connectivity index (χ4n) is 3.42. The van der Waals surface area contributed by atoms with Gasteiger partial charge < -0.3 is 9.84 Å². The Morgan fingerprint density at radius 3 is 2.45 bits per heavy atom. The second-order valence-corrected chi connectivity index (χ2v) is 7.36. The maximum absolute atomic E-state index is 10.8. The number of hydrogen-bond donors (Lipinski definition) is 1. The third-order valence-electron chi connectivity index (χ3n) is 5.33. The van der Waals surface area contributed by atoms with Gasteiger partial charge in [0, 0.05) is 6.42 Å². The van der Waals surface area contributed by atoms with E-state index < -0.39 is 5.97 Å². The molecule has 152 valence electrons. The zero-order valence-electron chi connectivity index (χ0n) is 17.5. The van der Waals surface area contributed by atoms with Crippen LogP contribution in [0, 0.1) is 20.8 Å². The molecule has 0 amide bonds. The van der Waals surface area contributed by atoms with Gasteiger partial charge in [0.25, 0.3) is 0 Å². The summed E-state index contributed by atoms with van der Waals surface area (Å²) < 4.78 is 8.06. The van der Waals surface area contributed by atoms with Gasteiger partial charge in [-0.15, -0.1) is 0 Å². The van der Waals surface area contributed by atoms with Gasteiger partial charge in [-0.2, -0.15) is 5.10 Å². The molecule has 3 aromatic rings. The molecular weight excluding hydrogens is 364 g/mol. The molecule has 0 spiro atoms. The van der Waals surface area contributed by atoms with Crippen LogP contribution in [-0.4, -0.2) is 20.9 Å². The van der Waals surface area contributed by atoms with Crippen molar-refractivity contribution in [2.24, 2.45) is 0 Å². The molecule has 1 heterocycles. The SMILES string of the molecule is CCc1ccc(-n2nc(C)cc2COc2ccc(CCC(=O)O)c(C)c2C)cc1. The molecule has 0 saturated carbocycles. The molecule has 5 nitrogen and oxygen atoms in total. The summed E-state index contributed by atoms with van der Waals surface area (Å²) in [7, 11) is 0. The molecule has 0 fully saturated rings. The average Bonchev–Trinajstić information content (AvgIpc) is 3.08. The smallest absolute Gasteiger partial charge is 0.303 e. The van der Waals surface area contributed by atoms with Crippen molar-refractivity contribution in [1.29, 1.82) is 0 Å². The second kappa shape index (κ2) is 8.95. The van der Waals surface area contributed by atoms with Gasteiger partial charge in [-0.3, -0.25) is 4.79 Å². The molecule has 2 aromatic carbocycles. The van der Waals surface area contributed by atoms with Gasteiger partial charge in [-0.1, -0.05) is 25.1 Å². The number of carbonyl (C=O) groups is 1. The van der Waals surface area contributed by atoms with Gasteiger partial charge in [-0.05, 0) is 80.1 Å². The van der Waals surface area contributed by atoms with Crippen molar-refractivity contribution in [3.8, 4) is 11.4 Å². The lowest BCUT2D eigenvalue weighted by molar-refractivity contribution is -0.136. The van der Waals surface area contributed by atoms with E-state index in [1.54, 1.807) is 0 Å². The minimum absolute atomic E-state index is 0.135. The normalized spacial score (nSPS) is 10.9. The molecule has 0 aliphatic carbocycles. The van der Waals surface area contributed by atoms with Crippen LogP contribution in [0.1, 0.15) is 47.0 Å². The highest BCUT2D eigenvalue weighted by molar-refractivity contribution is 5.67. The first-order valence-electron chi connectivity index (χ1n) is 9.97. The van der Waals surface area contributed by atoms with Gasteiger partial charge in [0.05, 0.1) is 17.1 Å². The van der Waals surface area contributed by atoms with E-state index in [2.05, 4.69) is 36.3 Å². The number of aromatic nitrogens is 2. The third kappa shape index (κ3) is 4.86. The Morgan fingerprint density at radius 1 is 1.07 bits per heavy atom. The van der Waals surface area contributed by atoms with E-state index in [0.717, 1.165) is 45.9 Å². The van der Waals surface area contributed by atoms with Crippen molar-refractivity contribution in [1.82, 2.24) is 9.78 Å². The molecule has 3 rings (SSSR count). The van der Waals surface area contributed by atoms with Gasteiger partial charge >= 0.3 is 5.97 Å². The first kappa shape index (κ1) is 20.6. The van der Waals surface area contributed by atoms with Gasteiger partial charge in [-0.25, -0.2) is 4.68 Å². The number of rotatable bonds is 8. The standard InChI is InChI=1S/C24H28N2O3/c1-5-19-6-10-21(11-7-19)26-22(14-16(2)25-26)15-29-23-12-8-20(9-13-24(27)28)17(3)18(23)4/h6-8,10-12,14H,5,9,13,15H2,1-4H3,(H,27,28). The summed E-state index contributed by atoms with van der Waals surface area (Å²) >= 11 is 0. The van der Waals surface area contributed by atoms with Crippen molar-refractivity contribution in [3.63, 3.8) is 0 Å². The van der Waals surface area contributed by atoms with Gasteiger partial charge in [0.2, 0.25) is 0 Å². The molecule has 5 heteroatoms. The van der Waals surface area contributed by atoms with Crippen LogP contribution in [0.15, 0.2) is 42.5 Å². The molecule has 0 bridgehead atoms. The van der Waals surface area contributed by atoms with E-state index in [-0.39, 0.29) is 6.42 Å². The molecule has 29 heavy (non-hydrogen) atoms. The van der Waals surface area contributed by atoms with E-state index >= 15 is 0 Å². The Hall–Kier alpha value is -3.08. The Balaban J connectivity index is 1.78. The van der Waals surface area contributed by atoms with Gasteiger partial charge in [0.1, 0.15) is 12.4 Å². The average molecular weight is 392 g/mol. The lowest BCUT2D eigenvalue weighted by Gasteiger charge is -2.15. The van der Waals surface area contributed by atoms with Crippen molar-refractivity contribution < 1.29 is 14.6 Å². The first-order chi connectivity index (χ1) is 13.9. The number of carboxylic acid groups (broad SMARTS) is 1. The fraction of sp³-hybridized carbons (Fsp3) is 0.333. The topological polar surface area (TPSA) is 64.4 Å². The van der Waals surface area contributed by atoms with Crippen molar-refractivity contribution in [3.05, 3.63) is 76.1 Å². The molecule has 0 atom stereocenters. The monoisotopic (exact) mass is 392 g/mol. The van der Waals surface area contributed by atoms with Crippen molar-refractivity contribution in [2.45, 2.75) is 53.6 Å².